The smallest absolute Gasteiger partial charge is 0.211 e. The lowest BCUT2D eigenvalue weighted by Gasteiger charge is -2.16. The Kier molecular flexibility index (Phi) is 2.58. The van der Waals surface area contributed by atoms with Gasteiger partial charge in [-0.2, -0.15) is 0 Å². The molecule has 0 heterocycles. The first-order chi connectivity index (χ1) is 8.83. The van der Waals surface area contributed by atoms with Crippen molar-refractivity contribution in [3.63, 3.8) is 0 Å². The van der Waals surface area contributed by atoms with Gasteiger partial charge in [-0.25, -0.2) is 9.79 Å². The van der Waals surface area contributed by atoms with Gasteiger partial charge in [-0.15, -0.1) is 0 Å². The lowest BCUT2D eigenvalue weighted by molar-refractivity contribution is 0.554. The van der Waals surface area contributed by atoms with Crippen molar-refractivity contribution in [3.8, 4) is 11.1 Å². The highest BCUT2D eigenvalue weighted by Crippen LogP contribution is 2.46. The van der Waals surface area contributed by atoms with Gasteiger partial charge in [0.05, 0.1) is 6.04 Å². The second kappa shape index (κ2) is 4.25. The topological polar surface area (TPSA) is 29.4 Å². The molecule has 0 N–H and O–H groups in total. The van der Waals surface area contributed by atoms with Gasteiger partial charge in [0.25, 0.3) is 0 Å². The van der Waals surface area contributed by atoms with Crippen LogP contribution < -0.4 is 0 Å². The third kappa shape index (κ3) is 1.51. The Bertz CT molecular complexity index is 596. The summed E-state index contributed by atoms with van der Waals surface area (Å²) in [6.07, 6.45) is 1.68. The quantitative estimate of drug-likeness (QED) is 0.578. The second-order valence-electron chi connectivity index (χ2n) is 4.61. The SMILES string of the molecule is CC(N=C=O)C1c2ccccc2-c2ccccc21. The first kappa shape index (κ1) is 10.9. The van der Waals surface area contributed by atoms with E-state index in [-0.39, 0.29) is 12.0 Å². The van der Waals surface area contributed by atoms with E-state index in [1.807, 2.05) is 31.2 Å². The van der Waals surface area contributed by atoms with E-state index in [1.54, 1.807) is 6.08 Å². The number of hydrogen-bond acceptors (Lipinski definition) is 2. The maximum Gasteiger partial charge on any atom is 0.235 e. The number of nitrogens with zero attached hydrogens (tertiary/aromatic N) is 1. The predicted molar refractivity (Wildman–Crippen MR) is 71.3 cm³/mol. The average Bonchev–Trinajstić information content (AvgIpc) is 2.73. The number of rotatable bonds is 2. The van der Waals surface area contributed by atoms with Crippen molar-refractivity contribution in [1.29, 1.82) is 0 Å². The Labute approximate surface area is 106 Å². The van der Waals surface area contributed by atoms with E-state index in [2.05, 4.69) is 29.3 Å². The zero-order valence-corrected chi connectivity index (χ0v) is 10.1. The largest absolute Gasteiger partial charge is 0.235 e. The first-order valence-electron chi connectivity index (χ1n) is 6.08. The van der Waals surface area contributed by atoms with Crippen molar-refractivity contribution in [2.45, 2.75) is 18.9 Å². The monoisotopic (exact) mass is 235 g/mol. The van der Waals surface area contributed by atoms with Gasteiger partial charge in [0.1, 0.15) is 0 Å². The van der Waals surface area contributed by atoms with Crippen LogP contribution in [0.15, 0.2) is 53.5 Å². The lowest BCUT2D eigenvalue weighted by atomic mass is 9.91. The third-order valence-corrected chi connectivity index (χ3v) is 3.62. The van der Waals surface area contributed by atoms with Gasteiger partial charge in [-0.1, -0.05) is 48.5 Å². The van der Waals surface area contributed by atoms with Crippen LogP contribution in [0.25, 0.3) is 11.1 Å². The van der Waals surface area contributed by atoms with Crippen molar-refractivity contribution in [3.05, 3.63) is 59.7 Å². The van der Waals surface area contributed by atoms with Gasteiger partial charge in [0.2, 0.25) is 6.08 Å². The Morgan fingerprint density at radius 3 is 2.00 bits per heavy atom. The van der Waals surface area contributed by atoms with Crippen LogP contribution in [0.1, 0.15) is 24.0 Å². The van der Waals surface area contributed by atoms with Crippen LogP contribution in [0.3, 0.4) is 0 Å². The highest BCUT2D eigenvalue weighted by molar-refractivity contribution is 5.79. The molecule has 1 atom stereocenters. The summed E-state index contributed by atoms with van der Waals surface area (Å²) in [5, 5.41) is 0. The van der Waals surface area contributed by atoms with E-state index >= 15 is 0 Å². The first-order valence-corrected chi connectivity index (χ1v) is 6.08. The summed E-state index contributed by atoms with van der Waals surface area (Å²) in [6, 6.07) is 16.6. The van der Waals surface area contributed by atoms with E-state index < -0.39 is 0 Å². The zero-order chi connectivity index (χ0) is 12.5. The summed E-state index contributed by atoms with van der Waals surface area (Å²) in [6.45, 7) is 1.97. The Morgan fingerprint density at radius 1 is 1.00 bits per heavy atom. The van der Waals surface area contributed by atoms with Gasteiger partial charge >= 0.3 is 0 Å². The molecule has 2 nitrogen and oxygen atoms in total. The fourth-order valence-corrected chi connectivity index (χ4v) is 2.87. The molecule has 88 valence electrons. The molecule has 0 amide bonds. The number of isocyanates is 1. The molecule has 1 aliphatic carbocycles. The molecule has 0 aromatic heterocycles. The van der Waals surface area contributed by atoms with Crippen LogP contribution in [0.2, 0.25) is 0 Å². The Hall–Kier alpha value is -2.18. The number of benzene rings is 2. The van der Waals surface area contributed by atoms with Crippen LogP contribution in [0, 0.1) is 0 Å². The van der Waals surface area contributed by atoms with E-state index in [0.29, 0.717) is 0 Å². The molecule has 0 radical (unpaired) electrons. The van der Waals surface area contributed by atoms with Gasteiger partial charge < -0.3 is 0 Å². The van der Waals surface area contributed by atoms with Crippen LogP contribution >= 0.6 is 0 Å². The van der Waals surface area contributed by atoms with Gasteiger partial charge in [-0.05, 0) is 29.2 Å². The molecule has 18 heavy (non-hydrogen) atoms. The lowest BCUT2D eigenvalue weighted by Crippen LogP contribution is -2.11. The van der Waals surface area contributed by atoms with Crippen LogP contribution in [0.4, 0.5) is 0 Å². The molecule has 1 unspecified atom stereocenters. The van der Waals surface area contributed by atoms with Crippen molar-refractivity contribution >= 4 is 6.08 Å². The van der Waals surface area contributed by atoms with Crippen molar-refractivity contribution in [2.75, 3.05) is 0 Å². The highest BCUT2D eigenvalue weighted by atomic mass is 16.1. The molecule has 0 saturated heterocycles. The molecule has 0 bridgehead atoms. The minimum atomic E-state index is -0.0766. The zero-order valence-electron chi connectivity index (χ0n) is 10.1. The molecule has 3 rings (SSSR count). The molecule has 2 aromatic carbocycles. The Morgan fingerprint density at radius 2 is 1.50 bits per heavy atom. The van der Waals surface area contributed by atoms with Crippen LogP contribution in [-0.2, 0) is 4.79 Å². The van der Waals surface area contributed by atoms with Crippen LogP contribution in [-0.4, -0.2) is 12.1 Å². The average molecular weight is 235 g/mol. The van der Waals surface area contributed by atoms with Gasteiger partial charge in [0.15, 0.2) is 0 Å². The van der Waals surface area contributed by atoms with Crippen LogP contribution in [0.5, 0.6) is 0 Å². The summed E-state index contributed by atoms with van der Waals surface area (Å²) in [4.78, 5) is 14.4. The maximum atomic E-state index is 10.5. The highest BCUT2D eigenvalue weighted by Gasteiger charge is 2.31. The summed E-state index contributed by atoms with van der Waals surface area (Å²) in [5.74, 6) is 0.166. The molecule has 0 spiro atoms. The van der Waals surface area contributed by atoms with E-state index in [0.717, 1.165) is 0 Å². The second-order valence-corrected chi connectivity index (χ2v) is 4.61. The summed E-state index contributed by atoms with van der Waals surface area (Å²) >= 11 is 0. The normalized spacial score (nSPS) is 14.5. The third-order valence-electron chi connectivity index (χ3n) is 3.62. The Balaban J connectivity index is 2.23. The summed E-state index contributed by atoms with van der Waals surface area (Å²) in [7, 11) is 0. The van der Waals surface area contributed by atoms with E-state index in [4.69, 9.17) is 0 Å². The minimum absolute atomic E-state index is 0.0766. The predicted octanol–water partition coefficient (Wildman–Crippen LogP) is 3.52. The molecule has 0 aliphatic heterocycles. The summed E-state index contributed by atoms with van der Waals surface area (Å²) < 4.78 is 0. The van der Waals surface area contributed by atoms with Gasteiger partial charge in [-0.3, -0.25) is 0 Å². The number of hydrogen-bond donors (Lipinski definition) is 0. The standard InChI is InChI=1S/C16H13NO/c1-11(17-10-18)16-14-8-4-2-6-12(14)13-7-3-5-9-15(13)16/h2-9,11,16H,1H3. The van der Waals surface area contributed by atoms with E-state index in [1.165, 1.54) is 22.3 Å². The molecule has 2 heteroatoms. The fraction of sp³-hybridized carbons (Fsp3) is 0.188. The fourth-order valence-electron chi connectivity index (χ4n) is 2.87. The van der Waals surface area contributed by atoms with Crippen molar-refractivity contribution < 1.29 is 4.79 Å². The number of aliphatic imine (C=N–C) groups is 1. The maximum absolute atomic E-state index is 10.5. The number of carbonyl (C=O) groups excluding carboxylic acids is 1. The van der Waals surface area contributed by atoms with Crippen molar-refractivity contribution in [1.82, 2.24) is 0 Å². The molecular formula is C16H13NO. The molecule has 2 aromatic rings. The number of fused-ring (bicyclic) bond motifs is 3. The minimum Gasteiger partial charge on any atom is -0.211 e. The van der Waals surface area contributed by atoms with Crippen molar-refractivity contribution in [2.24, 2.45) is 4.99 Å². The molecule has 0 saturated carbocycles. The molecule has 1 aliphatic rings. The van der Waals surface area contributed by atoms with Gasteiger partial charge in [0, 0.05) is 5.92 Å². The molecule has 0 fully saturated rings. The molecular weight excluding hydrogens is 222 g/mol. The van der Waals surface area contributed by atoms with E-state index in [9.17, 15) is 4.79 Å². The summed E-state index contributed by atoms with van der Waals surface area (Å²) in [5.41, 5.74) is 5.02.